The van der Waals surface area contributed by atoms with E-state index >= 15 is 0 Å². The molecular weight excluding hydrogens is 1290 g/mol. The number of aromatic nitrogens is 7. The molecule has 0 saturated heterocycles. The maximum atomic E-state index is 5.34. The fourth-order valence-electron chi connectivity index (χ4n) is 18.3. The van der Waals surface area contributed by atoms with Crippen LogP contribution in [0.25, 0.3) is 189 Å². The van der Waals surface area contributed by atoms with Crippen LogP contribution in [-0.2, 0) is 10.8 Å². The average Bonchev–Trinajstić information content (AvgIpc) is 1.58. The number of hydrogen-bond acceptors (Lipinski definition) is 3. The van der Waals surface area contributed by atoms with Crippen molar-refractivity contribution in [3.63, 3.8) is 0 Å². The van der Waals surface area contributed by atoms with Gasteiger partial charge in [-0.3, -0.25) is 0 Å². The molecule has 498 valence electrons. The summed E-state index contributed by atoms with van der Waals surface area (Å²) >= 11 is 0. The molecule has 0 N–H and O–H groups in total. The fourth-order valence-corrected chi connectivity index (χ4v) is 18.3. The summed E-state index contributed by atoms with van der Waals surface area (Å²) in [6, 6.07) is 123. The number of fused-ring (bicyclic) bond motifs is 18. The molecule has 0 saturated carbocycles. The first-order valence-corrected chi connectivity index (χ1v) is 36.7. The molecule has 5 heterocycles. The Balaban J connectivity index is 0.595. The summed E-state index contributed by atoms with van der Waals surface area (Å²) < 4.78 is 9.68. The minimum Gasteiger partial charge on any atom is -0.309 e. The van der Waals surface area contributed by atoms with Gasteiger partial charge in [0.1, 0.15) is 0 Å². The first-order chi connectivity index (χ1) is 52.1. The van der Waals surface area contributed by atoms with Gasteiger partial charge in [0.2, 0.25) is 0 Å². The summed E-state index contributed by atoms with van der Waals surface area (Å²) in [5, 5.41) is 9.70. The number of benzene rings is 15. The summed E-state index contributed by atoms with van der Waals surface area (Å²) in [6.07, 6.45) is 0. The summed E-state index contributed by atoms with van der Waals surface area (Å²) in [5.41, 5.74) is 31.7. The summed E-state index contributed by atoms with van der Waals surface area (Å²) in [7, 11) is 0. The van der Waals surface area contributed by atoms with E-state index in [4.69, 9.17) is 15.0 Å². The number of para-hydroxylation sites is 4. The average molecular weight is 1350 g/mol. The number of rotatable bonds is 9. The van der Waals surface area contributed by atoms with Crippen molar-refractivity contribution in [3.05, 3.63) is 356 Å². The monoisotopic (exact) mass is 1350 g/mol. The molecule has 22 rings (SSSR count). The first-order valence-electron chi connectivity index (χ1n) is 36.7. The van der Waals surface area contributed by atoms with E-state index in [1.165, 1.54) is 138 Å². The SMILES string of the molecule is CC1(C)c2ccccc2-c2ccc(-n3c4ccccc4c4cc(-c5ccc6c(c5)c5ccccc5n6-c5ccc(-c6nc(-c7ccccc7)nc(-c7cccc(-n8c9ccccc9c9cc(-c%10ccc%11c(c%10)c%10ccccc%10n%11-c%10ccc%11c(c%10)C(C)(C)c%10ccccc%10-%11)ccc98)c7)n6)cc5)ccc43)cc21. The number of nitrogens with zero attached hydrogens (tertiary/aromatic N) is 7. The van der Waals surface area contributed by atoms with E-state index in [0.29, 0.717) is 17.5 Å². The summed E-state index contributed by atoms with van der Waals surface area (Å²) in [4.78, 5) is 15.8. The lowest BCUT2D eigenvalue weighted by molar-refractivity contribution is 0.660. The van der Waals surface area contributed by atoms with E-state index in [9.17, 15) is 0 Å². The molecular formula is C99H67N7. The van der Waals surface area contributed by atoms with Crippen LogP contribution in [0.2, 0.25) is 0 Å². The highest BCUT2D eigenvalue weighted by molar-refractivity contribution is 6.15. The van der Waals surface area contributed by atoms with Crippen LogP contribution in [0.3, 0.4) is 0 Å². The molecule has 2 aliphatic carbocycles. The van der Waals surface area contributed by atoms with Crippen molar-refractivity contribution in [2.24, 2.45) is 0 Å². The molecule has 15 aromatic carbocycles. The molecule has 7 nitrogen and oxygen atoms in total. The van der Waals surface area contributed by atoms with Crippen molar-refractivity contribution in [1.82, 2.24) is 33.2 Å². The molecule has 20 aromatic rings. The van der Waals surface area contributed by atoms with Crippen LogP contribution in [0.15, 0.2) is 334 Å². The van der Waals surface area contributed by atoms with E-state index in [-0.39, 0.29) is 10.8 Å². The second-order valence-corrected chi connectivity index (χ2v) is 29.9. The zero-order valence-corrected chi connectivity index (χ0v) is 58.9. The van der Waals surface area contributed by atoms with E-state index in [0.717, 1.165) is 55.7 Å². The van der Waals surface area contributed by atoms with E-state index in [1.807, 2.05) is 18.2 Å². The predicted octanol–water partition coefficient (Wildman–Crippen LogP) is 25.2. The Morgan fingerprint density at radius 1 is 0.189 bits per heavy atom. The van der Waals surface area contributed by atoms with Crippen molar-refractivity contribution in [1.29, 1.82) is 0 Å². The molecule has 0 aliphatic heterocycles. The Bertz CT molecular complexity index is 7130. The maximum absolute atomic E-state index is 5.34. The lowest BCUT2D eigenvalue weighted by atomic mass is 9.82. The molecule has 0 radical (unpaired) electrons. The Morgan fingerprint density at radius 2 is 0.481 bits per heavy atom. The maximum Gasteiger partial charge on any atom is 0.164 e. The minimum absolute atomic E-state index is 0.0985. The Hall–Kier alpha value is -13.5. The van der Waals surface area contributed by atoms with Crippen molar-refractivity contribution >= 4 is 87.2 Å². The third-order valence-electron chi connectivity index (χ3n) is 23.4. The molecule has 0 unspecified atom stereocenters. The van der Waals surface area contributed by atoms with Gasteiger partial charge in [0.15, 0.2) is 17.5 Å². The van der Waals surface area contributed by atoms with Gasteiger partial charge in [0.05, 0.1) is 44.1 Å². The minimum atomic E-state index is -0.101. The second-order valence-electron chi connectivity index (χ2n) is 29.9. The highest BCUT2D eigenvalue weighted by Crippen LogP contribution is 2.52. The normalized spacial score (nSPS) is 13.4. The van der Waals surface area contributed by atoms with Gasteiger partial charge in [-0.15, -0.1) is 0 Å². The van der Waals surface area contributed by atoms with Crippen molar-refractivity contribution in [2.45, 2.75) is 38.5 Å². The van der Waals surface area contributed by atoms with Crippen LogP contribution >= 0.6 is 0 Å². The zero-order chi connectivity index (χ0) is 70.3. The molecule has 0 atom stereocenters. The van der Waals surface area contributed by atoms with Crippen LogP contribution in [0.4, 0.5) is 0 Å². The van der Waals surface area contributed by atoms with E-state index in [1.54, 1.807) is 0 Å². The largest absolute Gasteiger partial charge is 0.309 e. The molecule has 5 aromatic heterocycles. The van der Waals surface area contributed by atoms with Gasteiger partial charge in [0, 0.05) is 93.4 Å². The summed E-state index contributed by atoms with van der Waals surface area (Å²) in [5.74, 6) is 1.80. The van der Waals surface area contributed by atoms with Gasteiger partial charge >= 0.3 is 0 Å². The Kier molecular flexibility index (Phi) is 12.8. The van der Waals surface area contributed by atoms with Crippen LogP contribution in [0.1, 0.15) is 49.9 Å². The molecule has 106 heavy (non-hydrogen) atoms. The molecule has 2 aliphatic rings. The molecule has 0 spiro atoms. The topological polar surface area (TPSA) is 58.4 Å². The smallest absolute Gasteiger partial charge is 0.164 e. The highest BCUT2D eigenvalue weighted by atomic mass is 15.0. The highest BCUT2D eigenvalue weighted by Gasteiger charge is 2.37. The van der Waals surface area contributed by atoms with Gasteiger partial charge in [-0.25, -0.2) is 15.0 Å². The third-order valence-corrected chi connectivity index (χ3v) is 23.4. The fraction of sp³-hybridized carbons (Fsp3) is 0.0606. The van der Waals surface area contributed by atoms with Crippen LogP contribution in [-0.4, -0.2) is 33.2 Å². The molecule has 7 heteroatoms. The lowest BCUT2D eigenvalue weighted by Crippen LogP contribution is -2.15. The summed E-state index contributed by atoms with van der Waals surface area (Å²) in [6.45, 7) is 9.43. The van der Waals surface area contributed by atoms with Crippen LogP contribution in [0.5, 0.6) is 0 Å². The molecule has 0 bridgehead atoms. The van der Waals surface area contributed by atoms with E-state index in [2.05, 4.69) is 361 Å². The number of hydrogen-bond donors (Lipinski definition) is 0. The Morgan fingerprint density at radius 3 is 0.896 bits per heavy atom. The quantitative estimate of drug-likeness (QED) is 0.145. The van der Waals surface area contributed by atoms with Crippen molar-refractivity contribution < 1.29 is 0 Å². The molecule has 0 amide bonds. The standard InChI is InChI=1S/C99H67N7/c1-98(2)83-31-14-8-25-71(83)73-47-45-69(58-85(73)98)105-89-35-18-12-29-77(89)81-56-64(41-51-93(81)105)62-39-49-91-79(54-62)75-27-10-16-33-87(75)103(91)67-43-37-61(38-44-67)96-100-95(60-21-6-5-7-22-60)101-97(102-96)66-23-20-24-68(53-66)104-88-34-17-11-28-76(88)80-55-63(40-50-92(80)104)65-42-52-94-82(57-65)78-30-13-19-36-90(78)106(94)70-46-48-74-72-26-9-15-32-84(72)99(3,4)86(74)59-70/h5-59H,1-4H3. The van der Waals surface area contributed by atoms with Gasteiger partial charge in [0.25, 0.3) is 0 Å². The van der Waals surface area contributed by atoms with Gasteiger partial charge in [-0.1, -0.05) is 228 Å². The van der Waals surface area contributed by atoms with Gasteiger partial charge in [-0.05, 0) is 200 Å². The first kappa shape index (κ1) is 60.1. The second kappa shape index (κ2) is 22.5. The van der Waals surface area contributed by atoms with Crippen LogP contribution in [0, 0.1) is 0 Å². The third kappa shape index (κ3) is 8.83. The Labute approximate surface area is 612 Å². The van der Waals surface area contributed by atoms with Gasteiger partial charge in [-0.2, -0.15) is 0 Å². The van der Waals surface area contributed by atoms with Crippen LogP contribution < -0.4 is 0 Å². The van der Waals surface area contributed by atoms with Crippen molar-refractivity contribution in [3.8, 4) is 101 Å². The van der Waals surface area contributed by atoms with Crippen molar-refractivity contribution in [2.75, 3.05) is 0 Å². The lowest BCUT2D eigenvalue weighted by Gasteiger charge is -2.22. The molecule has 0 fully saturated rings. The predicted molar refractivity (Wildman–Crippen MR) is 439 cm³/mol. The van der Waals surface area contributed by atoms with E-state index < -0.39 is 0 Å². The zero-order valence-electron chi connectivity index (χ0n) is 58.9. The van der Waals surface area contributed by atoms with Gasteiger partial charge < -0.3 is 18.3 Å².